The molecule has 2 rings (SSSR count). The maximum atomic E-state index is 12.8. The lowest BCUT2D eigenvalue weighted by atomic mass is 10.2. The van der Waals surface area contributed by atoms with Gasteiger partial charge in [-0.25, -0.2) is 9.18 Å². The van der Waals surface area contributed by atoms with Crippen molar-refractivity contribution in [1.82, 2.24) is 5.32 Å². The summed E-state index contributed by atoms with van der Waals surface area (Å²) in [5, 5.41) is 4.81. The Bertz CT molecular complexity index is 780. The number of carbonyl (C=O) groups excluding carboxylic acids is 3. The van der Waals surface area contributed by atoms with Crippen LogP contribution in [0, 0.1) is 5.82 Å². The zero-order valence-corrected chi connectivity index (χ0v) is 14.5. The minimum absolute atomic E-state index is 0.296. The molecule has 0 fully saturated rings. The zero-order valence-electron chi connectivity index (χ0n) is 12.9. The molecular formula is C17H14BrFN2O4. The minimum Gasteiger partial charge on any atom is -0.452 e. The largest absolute Gasteiger partial charge is 0.452 e. The standard InChI is InChI=1S/C17H14BrFN2O4/c18-14-4-2-1-3-13(14)17(24)25-10-16(23)20-9-15(22)21-12-7-5-11(19)6-8-12/h1-8H,9-10H2,(H,20,23)(H,21,22). The van der Waals surface area contributed by atoms with E-state index in [4.69, 9.17) is 4.74 Å². The Balaban J connectivity index is 1.73. The average molecular weight is 409 g/mol. The fourth-order valence-electron chi connectivity index (χ4n) is 1.80. The first-order valence-corrected chi connectivity index (χ1v) is 7.99. The number of hydrogen-bond donors (Lipinski definition) is 2. The van der Waals surface area contributed by atoms with E-state index >= 15 is 0 Å². The van der Waals surface area contributed by atoms with E-state index in [9.17, 15) is 18.8 Å². The molecule has 8 heteroatoms. The van der Waals surface area contributed by atoms with E-state index in [2.05, 4.69) is 26.6 Å². The van der Waals surface area contributed by atoms with Crippen molar-refractivity contribution in [2.75, 3.05) is 18.5 Å². The lowest BCUT2D eigenvalue weighted by molar-refractivity contribution is -0.126. The van der Waals surface area contributed by atoms with E-state index in [1.807, 2.05) is 0 Å². The van der Waals surface area contributed by atoms with Crippen LogP contribution in [0.2, 0.25) is 0 Å². The van der Waals surface area contributed by atoms with Gasteiger partial charge in [0, 0.05) is 10.2 Å². The Kier molecular flexibility index (Phi) is 6.64. The third kappa shape index (κ3) is 6.00. The smallest absolute Gasteiger partial charge is 0.339 e. The zero-order chi connectivity index (χ0) is 18.2. The molecule has 0 atom stereocenters. The summed E-state index contributed by atoms with van der Waals surface area (Å²) in [6, 6.07) is 11.8. The lowest BCUT2D eigenvalue weighted by Gasteiger charge is -2.08. The molecule has 0 unspecified atom stereocenters. The Hall–Kier alpha value is -2.74. The van der Waals surface area contributed by atoms with Gasteiger partial charge in [-0.15, -0.1) is 0 Å². The number of carbonyl (C=O) groups is 3. The molecule has 0 aliphatic carbocycles. The van der Waals surface area contributed by atoms with E-state index in [-0.39, 0.29) is 6.54 Å². The van der Waals surface area contributed by atoms with Gasteiger partial charge in [0.15, 0.2) is 6.61 Å². The number of anilines is 1. The van der Waals surface area contributed by atoms with Crippen LogP contribution < -0.4 is 10.6 Å². The second-order valence-corrected chi connectivity index (χ2v) is 5.74. The predicted octanol–water partition coefficient (Wildman–Crippen LogP) is 2.50. The summed E-state index contributed by atoms with van der Waals surface area (Å²) in [5.74, 6) is -2.18. The second kappa shape index (κ2) is 8.93. The molecule has 0 heterocycles. The van der Waals surface area contributed by atoms with Crippen LogP contribution in [-0.2, 0) is 14.3 Å². The highest BCUT2D eigenvalue weighted by Crippen LogP contribution is 2.16. The topological polar surface area (TPSA) is 84.5 Å². The molecule has 25 heavy (non-hydrogen) atoms. The van der Waals surface area contributed by atoms with Crippen LogP contribution in [0.3, 0.4) is 0 Å². The van der Waals surface area contributed by atoms with Gasteiger partial charge in [0.1, 0.15) is 5.82 Å². The van der Waals surface area contributed by atoms with Crippen molar-refractivity contribution in [1.29, 1.82) is 0 Å². The van der Waals surface area contributed by atoms with Crippen molar-refractivity contribution in [2.45, 2.75) is 0 Å². The molecule has 0 saturated heterocycles. The predicted molar refractivity (Wildman–Crippen MR) is 92.5 cm³/mol. The van der Waals surface area contributed by atoms with Gasteiger partial charge in [0.25, 0.3) is 5.91 Å². The molecule has 0 saturated carbocycles. The van der Waals surface area contributed by atoms with Crippen molar-refractivity contribution in [2.24, 2.45) is 0 Å². The first kappa shape index (κ1) is 18.6. The first-order chi connectivity index (χ1) is 12.0. The molecular weight excluding hydrogens is 395 g/mol. The van der Waals surface area contributed by atoms with Crippen LogP contribution >= 0.6 is 15.9 Å². The molecule has 0 aliphatic heterocycles. The summed E-state index contributed by atoms with van der Waals surface area (Å²) in [6.07, 6.45) is 0. The van der Waals surface area contributed by atoms with Crippen molar-refractivity contribution in [3.05, 3.63) is 64.4 Å². The van der Waals surface area contributed by atoms with Crippen LogP contribution in [0.5, 0.6) is 0 Å². The van der Waals surface area contributed by atoms with Crippen LogP contribution in [0.1, 0.15) is 10.4 Å². The van der Waals surface area contributed by atoms with E-state index in [0.29, 0.717) is 15.7 Å². The van der Waals surface area contributed by atoms with E-state index in [0.717, 1.165) is 0 Å². The number of hydrogen-bond acceptors (Lipinski definition) is 4. The molecule has 0 bridgehead atoms. The molecule has 2 aromatic rings. The fourth-order valence-corrected chi connectivity index (χ4v) is 2.25. The summed E-state index contributed by atoms with van der Waals surface area (Å²) in [7, 11) is 0. The SMILES string of the molecule is O=C(COC(=O)c1ccccc1Br)NCC(=O)Nc1ccc(F)cc1. The van der Waals surface area contributed by atoms with Crippen molar-refractivity contribution in [3.63, 3.8) is 0 Å². The van der Waals surface area contributed by atoms with Crippen LogP contribution in [0.4, 0.5) is 10.1 Å². The van der Waals surface area contributed by atoms with Gasteiger partial charge in [0.05, 0.1) is 12.1 Å². The Morgan fingerprint density at radius 2 is 1.68 bits per heavy atom. The van der Waals surface area contributed by atoms with Crippen LogP contribution in [0.25, 0.3) is 0 Å². The monoisotopic (exact) mass is 408 g/mol. The summed E-state index contributed by atoms with van der Waals surface area (Å²) in [4.78, 5) is 35.1. The van der Waals surface area contributed by atoms with Gasteiger partial charge >= 0.3 is 5.97 Å². The van der Waals surface area contributed by atoms with Crippen molar-refractivity contribution >= 4 is 39.4 Å². The highest BCUT2D eigenvalue weighted by molar-refractivity contribution is 9.10. The number of halogens is 2. The molecule has 0 aliphatic rings. The quantitative estimate of drug-likeness (QED) is 0.719. The first-order valence-electron chi connectivity index (χ1n) is 7.19. The number of ether oxygens (including phenoxy) is 1. The van der Waals surface area contributed by atoms with Gasteiger partial charge in [-0.3, -0.25) is 9.59 Å². The molecule has 6 nitrogen and oxygen atoms in total. The molecule has 0 spiro atoms. The molecule has 2 amide bonds. The van der Waals surface area contributed by atoms with E-state index in [1.165, 1.54) is 24.3 Å². The number of nitrogens with one attached hydrogen (secondary N) is 2. The molecule has 2 aromatic carbocycles. The molecule has 2 N–H and O–H groups in total. The van der Waals surface area contributed by atoms with Crippen LogP contribution in [-0.4, -0.2) is 30.9 Å². The summed E-state index contributed by atoms with van der Waals surface area (Å²) in [6.45, 7) is -0.813. The number of esters is 1. The molecule has 0 radical (unpaired) electrons. The number of rotatable bonds is 6. The highest BCUT2D eigenvalue weighted by atomic mass is 79.9. The number of benzene rings is 2. The Morgan fingerprint density at radius 3 is 2.36 bits per heavy atom. The lowest BCUT2D eigenvalue weighted by Crippen LogP contribution is -2.35. The average Bonchev–Trinajstić information content (AvgIpc) is 2.60. The molecule has 0 aromatic heterocycles. The van der Waals surface area contributed by atoms with Gasteiger partial charge in [-0.1, -0.05) is 12.1 Å². The maximum absolute atomic E-state index is 12.8. The fraction of sp³-hybridized carbons (Fsp3) is 0.118. The molecule has 130 valence electrons. The normalized spacial score (nSPS) is 10.0. The Labute approximate surface area is 151 Å². The van der Waals surface area contributed by atoms with Crippen molar-refractivity contribution < 1.29 is 23.5 Å². The highest BCUT2D eigenvalue weighted by Gasteiger charge is 2.13. The second-order valence-electron chi connectivity index (χ2n) is 4.89. The maximum Gasteiger partial charge on any atom is 0.339 e. The Morgan fingerprint density at radius 1 is 1.00 bits per heavy atom. The van der Waals surface area contributed by atoms with Crippen molar-refractivity contribution in [3.8, 4) is 0 Å². The summed E-state index contributed by atoms with van der Waals surface area (Å²) in [5.41, 5.74) is 0.699. The van der Waals surface area contributed by atoms with Gasteiger partial charge in [-0.2, -0.15) is 0 Å². The summed E-state index contributed by atoms with van der Waals surface area (Å²) < 4.78 is 18.2. The van der Waals surface area contributed by atoms with E-state index in [1.54, 1.807) is 24.3 Å². The number of amides is 2. The van der Waals surface area contributed by atoms with Gasteiger partial charge in [0.2, 0.25) is 5.91 Å². The summed E-state index contributed by atoms with van der Waals surface area (Å²) >= 11 is 3.21. The third-order valence-corrected chi connectivity index (χ3v) is 3.69. The van der Waals surface area contributed by atoms with Gasteiger partial charge in [-0.05, 0) is 52.3 Å². The van der Waals surface area contributed by atoms with Gasteiger partial charge < -0.3 is 15.4 Å². The minimum atomic E-state index is -0.654. The van der Waals surface area contributed by atoms with E-state index < -0.39 is 30.2 Å². The third-order valence-electron chi connectivity index (χ3n) is 3.00. The van der Waals surface area contributed by atoms with Crippen LogP contribution in [0.15, 0.2) is 53.0 Å².